The first-order valence-corrected chi connectivity index (χ1v) is 7.79. The van der Waals surface area contributed by atoms with Gasteiger partial charge in [-0.2, -0.15) is 0 Å². The molecule has 0 aromatic heterocycles. The van der Waals surface area contributed by atoms with E-state index in [1.54, 1.807) is 0 Å². The number of hydrogen-bond acceptors (Lipinski definition) is 4. The third kappa shape index (κ3) is 3.51. The Morgan fingerprint density at radius 3 is 2.60 bits per heavy atom. The van der Waals surface area contributed by atoms with E-state index in [0.717, 1.165) is 38.5 Å². The van der Waals surface area contributed by atoms with E-state index in [-0.39, 0.29) is 11.9 Å². The first-order valence-electron chi connectivity index (χ1n) is 7.79. The van der Waals surface area contributed by atoms with Gasteiger partial charge in [0.1, 0.15) is 11.6 Å². The van der Waals surface area contributed by atoms with Gasteiger partial charge in [0.25, 0.3) is 0 Å². The molecule has 0 aromatic rings. The molecule has 2 fully saturated rings. The largest absolute Gasteiger partial charge is 0.464 e. The van der Waals surface area contributed by atoms with Gasteiger partial charge in [-0.05, 0) is 32.1 Å². The second kappa shape index (κ2) is 7.07. The maximum Gasteiger partial charge on any atom is 0.331 e. The molecule has 1 saturated carbocycles. The average Bonchev–Trinajstić information content (AvgIpc) is 3.00. The summed E-state index contributed by atoms with van der Waals surface area (Å²) >= 11 is 0. The van der Waals surface area contributed by atoms with Crippen LogP contribution in [-0.4, -0.2) is 36.7 Å². The van der Waals surface area contributed by atoms with Gasteiger partial charge in [0, 0.05) is 6.61 Å². The van der Waals surface area contributed by atoms with Crippen LogP contribution in [-0.2, 0) is 19.1 Å². The highest BCUT2D eigenvalue weighted by atomic mass is 16.5. The van der Waals surface area contributed by atoms with Crippen LogP contribution in [0.5, 0.6) is 0 Å². The average molecular weight is 283 g/mol. The molecule has 0 bridgehead atoms. The van der Waals surface area contributed by atoms with Crippen molar-refractivity contribution in [2.45, 2.75) is 69.9 Å². The predicted octanol–water partition coefficient (Wildman–Crippen LogP) is 1.94. The highest BCUT2D eigenvalue weighted by Gasteiger charge is 2.43. The van der Waals surface area contributed by atoms with E-state index >= 15 is 0 Å². The molecule has 20 heavy (non-hydrogen) atoms. The van der Waals surface area contributed by atoms with Gasteiger partial charge in [-0.25, -0.2) is 4.79 Å². The summed E-state index contributed by atoms with van der Waals surface area (Å²) in [5.41, 5.74) is -0.823. The van der Waals surface area contributed by atoms with E-state index in [4.69, 9.17) is 9.47 Å². The molecule has 0 unspecified atom stereocenters. The Morgan fingerprint density at radius 2 is 2.00 bits per heavy atom. The number of rotatable bonds is 5. The summed E-state index contributed by atoms with van der Waals surface area (Å²) < 4.78 is 10.7. The lowest BCUT2D eigenvalue weighted by Gasteiger charge is -2.36. The van der Waals surface area contributed by atoms with Gasteiger partial charge in [0.05, 0.1) is 6.61 Å². The van der Waals surface area contributed by atoms with Gasteiger partial charge >= 0.3 is 5.97 Å². The predicted molar refractivity (Wildman–Crippen MR) is 74.2 cm³/mol. The van der Waals surface area contributed by atoms with Crippen LogP contribution in [0.3, 0.4) is 0 Å². The number of ether oxygens (including phenoxy) is 2. The van der Waals surface area contributed by atoms with Crippen molar-refractivity contribution in [1.29, 1.82) is 0 Å². The zero-order valence-electron chi connectivity index (χ0n) is 12.3. The second-order valence-electron chi connectivity index (χ2n) is 5.77. The van der Waals surface area contributed by atoms with Crippen LogP contribution in [0.4, 0.5) is 0 Å². The van der Waals surface area contributed by atoms with Crippen LogP contribution < -0.4 is 5.32 Å². The summed E-state index contributed by atoms with van der Waals surface area (Å²) in [4.78, 5) is 24.6. The van der Waals surface area contributed by atoms with Crippen LogP contribution in [0.15, 0.2) is 0 Å². The van der Waals surface area contributed by atoms with Gasteiger partial charge in [-0.1, -0.05) is 26.2 Å². The molecule has 0 aromatic carbocycles. The summed E-state index contributed by atoms with van der Waals surface area (Å²) in [6, 6.07) is 0. The highest BCUT2D eigenvalue weighted by Crippen LogP contribution is 2.30. The number of carbonyl (C=O) groups is 2. The molecule has 5 heteroatoms. The molecule has 114 valence electrons. The van der Waals surface area contributed by atoms with Crippen molar-refractivity contribution >= 4 is 11.9 Å². The smallest absolute Gasteiger partial charge is 0.331 e. The van der Waals surface area contributed by atoms with Crippen LogP contribution >= 0.6 is 0 Å². The zero-order chi connectivity index (χ0) is 14.4. The summed E-state index contributed by atoms with van der Waals surface area (Å²) in [5, 5.41) is 2.94. The molecule has 1 N–H and O–H groups in total. The fourth-order valence-corrected chi connectivity index (χ4v) is 2.97. The van der Waals surface area contributed by atoms with Gasteiger partial charge in [-0.15, -0.1) is 0 Å². The Bertz CT molecular complexity index is 344. The number of hydrogen-bond donors (Lipinski definition) is 1. The molecule has 1 saturated heterocycles. The van der Waals surface area contributed by atoms with Crippen molar-refractivity contribution in [1.82, 2.24) is 5.32 Å². The van der Waals surface area contributed by atoms with Crippen LogP contribution in [0.25, 0.3) is 0 Å². The number of carbonyl (C=O) groups excluding carboxylic acids is 2. The lowest BCUT2D eigenvalue weighted by molar-refractivity contribution is -0.156. The summed E-state index contributed by atoms with van der Waals surface area (Å²) in [6.07, 6.45) is 6.41. The van der Waals surface area contributed by atoms with E-state index in [9.17, 15) is 9.59 Å². The van der Waals surface area contributed by atoms with Crippen molar-refractivity contribution in [2.75, 3.05) is 13.2 Å². The Balaban J connectivity index is 2.01. The monoisotopic (exact) mass is 283 g/mol. The Kier molecular flexibility index (Phi) is 5.40. The zero-order valence-corrected chi connectivity index (χ0v) is 12.3. The second-order valence-corrected chi connectivity index (χ2v) is 5.77. The quantitative estimate of drug-likeness (QED) is 0.783. The van der Waals surface area contributed by atoms with Gasteiger partial charge in [0.2, 0.25) is 5.91 Å². The Labute approximate surface area is 120 Å². The molecule has 2 rings (SSSR count). The number of esters is 1. The minimum absolute atomic E-state index is 0.155. The molecule has 0 spiro atoms. The lowest BCUT2D eigenvalue weighted by Crippen LogP contribution is -2.58. The van der Waals surface area contributed by atoms with E-state index < -0.39 is 11.6 Å². The van der Waals surface area contributed by atoms with Crippen molar-refractivity contribution in [3.8, 4) is 0 Å². The van der Waals surface area contributed by atoms with Crippen LogP contribution in [0, 0.1) is 0 Å². The van der Waals surface area contributed by atoms with Crippen molar-refractivity contribution in [3.05, 3.63) is 0 Å². The molecule has 1 heterocycles. The molecule has 1 amide bonds. The van der Waals surface area contributed by atoms with E-state index in [1.807, 2.05) is 6.92 Å². The van der Waals surface area contributed by atoms with Crippen LogP contribution in [0.2, 0.25) is 0 Å². The SMILES string of the molecule is CCCOC(=O)C1(NC(=O)[C@@H]2CCCO2)CCCCC1. The third-order valence-electron chi connectivity index (χ3n) is 4.12. The number of nitrogens with one attached hydrogen (secondary N) is 1. The molecular weight excluding hydrogens is 258 g/mol. The van der Waals surface area contributed by atoms with Crippen LogP contribution in [0.1, 0.15) is 58.3 Å². The fourth-order valence-electron chi connectivity index (χ4n) is 2.97. The normalized spacial score (nSPS) is 25.1. The van der Waals surface area contributed by atoms with Crippen molar-refractivity contribution < 1.29 is 19.1 Å². The maximum absolute atomic E-state index is 12.4. The summed E-state index contributed by atoms with van der Waals surface area (Å²) in [7, 11) is 0. The van der Waals surface area contributed by atoms with Gasteiger partial charge < -0.3 is 14.8 Å². The van der Waals surface area contributed by atoms with E-state index in [2.05, 4.69) is 5.32 Å². The third-order valence-corrected chi connectivity index (χ3v) is 4.12. The Hall–Kier alpha value is -1.10. The molecule has 1 atom stereocenters. The van der Waals surface area contributed by atoms with Crippen molar-refractivity contribution in [2.24, 2.45) is 0 Å². The van der Waals surface area contributed by atoms with Gasteiger partial charge in [0.15, 0.2) is 0 Å². The number of amides is 1. The van der Waals surface area contributed by atoms with Gasteiger partial charge in [-0.3, -0.25) is 4.79 Å². The topological polar surface area (TPSA) is 64.6 Å². The molecule has 1 aliphatic carbocycles. The fraction of sp³-hybridized carbons (Fsp3) is 0.867. The molecule has 5 nitrogen and oxygen atoms in total. The Morgan fingerprint density at radius 1 is 1.25 bits per heavy atom. The summed E-state index contributed by atoms with van der Waals surface area (Å²) in [6.45, 7) is 3.01. The molecule has 1 aliphatic heterocycles. The molecule has 2 aliphatic rings. The van der Waals surface area contributed by atoms with E-state index in [1.165, 1.54) is 0 Å². The maximum atomic E-state index is 12.4. The molecule has 0 radical (unpaired) electrons. The van der Waals surface area contributed by atoms with E-state index in [0.29, 0.717) is 26.1 Å². The molecular formula is C15H25NO4. The minimum Gasteiger partial charge on any atom is -0.464 e. The first kappa shape index (κ1) is 15.3. The highest BCUT2D eigenvalue weighted by molar-refractivity contribution is 5.90. The summed E-state index contributed by atoms with van der Waals surface area (Å²) in [5.74, 6) is -0.428. The first-order chi connectivity index (χ1) is 9.68. The lowest BCUT2D eigenvalue weighted by atomic mass is 9.81. The van der Waals surface area contributed by atoms with Crippen molar-refractivity contribution in [3.63, 3.8) is 0 Å². The minimum atomic E-state index is -0.823. The standard InChI is InChI=1S/C15H25NO4/c1-2-10-20-14(18)15(8-4-3-5-9-15)16-13(17)12-7-6-11-19-12/h12H,2-11H2,1H3,(H,16,17)/t12-/m0/s1.